The minimum absolute atomic E-state index is 0.576. The van der Waals surface area contributed by atoms with Gasteiger partial charge in [0.1, 0.15) is 0 Å². The summed E-state index contributed by atoms with van der Waals surface area (Å²) in [5.74, 6) is 0.576. The van der Waals surface area contributed by atoms with E-state index >= 15 is 0 Å². The van der Waals surface area contributed by atoms with E-state index < -0.39 is 0 Å². The maximum Gasteiger partial charge on any atom is 0.0494 e. The van der Waals surface area contributed by atoms with E-state index in [0.717, 1.165) is 13.1 Å². The minimum Gasteiger partial charge on any atom is -0.384 e. The predicted molar refractivity (Wildman–Crippen MR) is 70.2 cm³/mol. The van der Waals surface area contributed by atoms with Gasteiger partial charge in [-0.2, -0.15) is 0 Å². The Morgan fingerprint density at radius 3 is 2.69 bits per heavy atom. The highest BCUT2D eigenvalue weighted by Gasteiger charge is 2.10. The molecule has 0 aromatic heterocycles. The highest BCUT2D eigenvalue weighted by molar-refractivity contribution is 6.17. The molecule has 0 bridgehead atoms. The molecule has 0 amide bonds. The van der Waals surface area contributed by atoms with Gasteiger partial charge in [-0.05, 0) is 37.6 Å². The molecule has 16 heavy (non-hydrogen) atoms. The molecule has 1 aliphatic heterocycles. The molecule has 1 saturated heterocycles. The van der Waals surface area contributed by atoms with Crippen molar-refractivity contribution in [2.75, 3.05) is 31.5 Å². The zero-order chi connectivity index (χ0) is 11.2. The molecule has 1 aromatic carbocycles. The van der Waals surface area contributed by atoms with Gasteiger partial charge in [0.05, 0.1) is 0 Å². The molecule has 0 aliphatic carbocycles. The van der Waals surface area contributed by atoms with Crippen LogP contribution in [0.1, 0.15) is 18.4 Å². The Balaban J connectivity index is 1.79. The molecule has 0 spiro atoms. The normalized spacial score (nSPS) is 16.6. The standard InChI is InChI=1S/C13H19ClN2/c14-11-12-5-1-2-6-13(12)15-7-10-16-8-3-4-9-16/h1-2,5-6,15H,3-4,7-11H2. The van der Waals surface area contributed by atoms with Gasteiger partial charge >= 0.3 is 0 Å². The lowest BCUT2D eigenvalue weighted by atomic mass is 10.2. The third-order valence-electron chi connectivity index (χ3n) is 3.10. The quantitative estimate of drug-likeness (QED) is 0.794. The topological polar surface area (TPSA) is 15.3 Å². The first-order chi connectivity index (χ1) is 7.90. The van der Waals surface area contributed by atoms with Crippen molar-refractivity contribution in [1.29, 1.82) is 0 Å². The number of nitrogens with one attached hydrogen (secondary N) is 1. The summed E-state index contributed by atoms with van der Waals surface area (Å²) in [7, 11) is 0. The van der Waals surface area contributed by atoms with E-state index in [1.54, 1.807) is 0 Å². The summed E-state index contributed by atoms with van der Waals surface area (Å²) in [4.78, 5) is 2.51. The number of nitrogens with zero attached hydrogens (tertiary/aromatic N) is 1. The van der Waals surface area contributed by atoms with Crippen molar-refractivity contribution < 1.29 is 0 Å². The largest absolute Gasteiger partial charge is 0.384 e. The fraction of sp³-hybridized carbons (Fsp3) is 0.538. The van der Waals surface area contributed by atoms with Crippen LogP contribution in [0.15, 0.2) is 24.3 Å². The molecule has 3 heteroatoms. The van der Waals surface area contributed by atoms with Gasteiger partial charge < -0.3 is 10.2 Å². The smallest absolute Gasteiger partial charge is 0.0494 e. The zero-order valence-corrected chi connectivity index (χ0v) is 10.3. The molecule has 0 unspecified atom stereocenters. The minimum atomic E-state index is 0.576. The summed E-state index contributed by atoms with van der Waals surface area (Å²) < 4.78 is 0. The van der Waals surface area contributed by atoms with Gasteiger partial charge in [0.25, 0.3) is 0 Å². The molecule has 1 N–H and O–H groups in total. The summed E-state index contributed by atoms with van der Waals surface area (Å²) in [6.45, 7) is 4.67. The van der Waals surface area contributed by atoms with Gasteiger partial charge in [-0.15, -0.1) is 11.6 Å². The second-order valence-electron chi connectivity index (χ2n) is 4.27. The van der Waals surface area contributed by atoms with Crippen molar-refractivity contribution in [2.24, 2.45) is 0 Å². The van der Waals surface area contributed by atoms with E-state index in [0.29, 0.717) is 5.88 Å². The summed E-state index contributed by atoms with van der Waals surface area (Å²) >= 11 is 5.89. The number of benzene rings is 1. The van der Waals surface area contributed by atoms with Crippen LogP contribution in [0.2, 0.25) is 0 Å². The van der Waals surface area contributed by atoms with Gasteiger partial charge in [-0.3, -0.25) is 0 Å². The van der Waals surface area contributed by atoms with E-state index in [2.05, 4.69) is 22.3 Å². The maximum atomic E-state index is 5.89. The van der Waals surface area contributed by atoms with Crippen LogP contribution in [0.4, 0.5) is 5.69 Å². The molecule has 0 radical (unpaired) electrons. The monoisotopic (exact) mass is 238 g/mol. The molecule has 1 heterocycles. The number of para-hydroxylation sites is 1. The molecule has 1 aromatic rings. The van der Waals surface area contributed by atoms with Gasteiger partial charge in [0.2, 0.25) is 0 Å². The number of likely N-dealkylation sites (tertiary alicyclic amines) is 1. The molecule has 1 aliphatic rings. The van der Waals surface area contributed by atoms with Crippen LogP contribution in [0.3, 0.4) is 0 Å². The van der Waals surface area contributed by atoms with Crippen molar-refractivity contribution in [3.8, 4) is 0 Å². The van der Waals surface area contributed by atoms with Crippen molar-refractivity contribution >= 4 is 17.3 Å². The zero-order valence-electron chi connectivity index (χ0n) is 9.58. The lowest BCUT2D eigenvalue weighted by Crippen LogP contribution is -2.26. The first kappa shape index (κ1) is 11.7. The van der Waals surface area contributed by atoms with Crippen LogP contribution in [0, 0.1) is 0 Å². The molecule has 0 saturated carbocycles. The lowest BCUT2D eigenvalue weighted by Gasteiger charge is -2.16. The Bertz CT molecular complexity index is 321. The third-order valence-corrected chi connectivity index (χ3v) is 3.39. The molecular weight excluding hydrogens is 220 g/mol. The van der Waals surface area contributed by atoms with Crippen molar-refractivity contribution in [3.63, 3.8) is 0 Å². The Hall–Kier alpha value is -0.730. The van der Waals surface area contributed by atoms with Crippen LogP contribution in [0.5, 0.6) is 0 Å². The molecular formula is C13H19ClN2. The van der Waals surface area contributed by atoms with Crippen molar-refractivity contribution in [2.45, 2.75) is 18.7 Å². The van der Waals surface area contributed by atoms with Crippen LogP contribution in [-0.4, -0.2) is 31.1 Å². The van der Waals surface area contributed by atoms with Crippen LogP contribution in [0.25, 0.3) is 0 Å². The number of rotatable bonds is 5. The van der Waals surface area contributed by atoms with E-state index in [9.17, 15) is 0 Å². The van der Waals surface area contributed by atoms with Gasteiger partial charge in [0.15, 0.2) is 0 Å². The summed E-state index contributed by atoms with van der Waals surface area (Å²) in [5, 5.41) is 3.46. The van der Waals surface area contributed by atoms with Gasteiger partial charge in [-0.1, -0.05) is 18.2 Å². The first-order valence-electron chi connectivity index (χ1n) is 6.00. The lowest BCUT2D eigenvalue weighted by molar-refractivity contribution is 0.352. The van der Waals surface area contributed by atoms with Gasteiger partial charge in [0, 0.05) is 24.7 Å². The fourth-order valence-electron chi connectivity index (χ4n) is 2.16. The number of alkyl halides is 1. The van der Waals surface area contributed by atoms with Crippen molar-refractivity contribution in [1.82, 2.24) is 4.90 Å². The maximum absolute atomic E-state index is 5.89. The SMILES string of the molecule is ClCc1ccccc1NCCN1CCCC1. The number of anilines is 1. The predicted octanol–water partition coefficient (Wildman–Crippen LogP) is 2.93. The number of hydrogen-bond donors (Lipinski definition) is 1. The van der Waals surface area contributed by atoms with E-state index in [4.69, 9.17) is 11.6 Å². The highest BCUT2D eigenvalue weighted by atomic mass is 35.5. The Kier molecular flexibility index (Phi) is 4.49. The number of halogens is 1. The Morgan fingerprint density at radius 1 is 1.19 bits per heavy atom. The summed E-state index contributed by atoms with van der Waals surface area (Å²) in [5.41, 5.74) is 2.36. The second-order valence-corrected chi connectivity index (χ2v) is 4.53. The first-order valence-corrected chi connectivity index (χ1v) is 6.53. The van der Waals surface area contributed by atoms with Crippen LogP contribution >= 0.6 is 11.6 Å². The van der Waals surface area contributed by atoms with Gasteiger partial charge in [-0.25, -0.2) is 0 Å². The van der Waals surface area contributed by atoms with E-state index in [1.807, 2.05) is 12.1 Å². The fourth-order valence-corrected chi connectivity index (χ4v) is 2.40. The average Bonchev–Trinajstić information content (AvgIpc) is 2.83. The molecule has 88 valence electrons. The van der Waals surface area contributed by atoms with Crippen LogP contribution in [-0.2, 0) is 5.88 Å². The van der Waals surface area contributed by atoms with E-state index in [1.165, 1.54) is 37.2 Å². The van der Waals surface area contributed by atoms with Crippen molar-refractivity contribution in [3.05, 3.63) is 29.8 Å². The Labute approximate surface area is 103 Å². The second kappa shape index (κ2) is 6.12. The molecule has 0 atom stereocenters. The van der Waals surface area contributed by atoms with E-state index in [-0.39, 0.29) is 0 Å². The number of hydrogen-bond acceptors (Lipinski definition) is 2. The third kappa shape index (κ3) is 3.13. The molecule has 2 nitrogen and oxygen atoms in total. The average molecular weight is 239 g/mol. The molecule has 1 fully saturated rings. The highest BCUT2D eigenvalue weighted by Crippen LogP contribution is 2.16. The summed E-state index contributed by atoms with van der Waals surface area (Å²) in [6.07, 6.45) is 2.72. The Morgan fingerprint density at radius 2 is 1.94 bits per heavy atom. The van der Waals surface area contributed by atoms with Crippen LogP contribution < -0.4 is 5.32 Å². The summed E-state index contributed by atoms with van der Waals surface area (Å²) in [6, 6.07) is 8.25. The molecule has 2 rings (SSSR count).